The fourth-order valence-electron chi connectivity index (χ4n) is 8.15. The molecule has 4 nitrogen and oxygen atoms in total. The molecule has 4 heteroatoms. The molecule has 0 unspecified atom stereocenters. The summed E-state index contributed by atoms with van der Waals surface area (Å²) in [5.41, 5.74) is 13.0. The van der Waals surface area contributed by atoms with Crippen molar-refractivity contribution in [3.63, 3.8) is 0 Å². The Morgan fingerprint density at radius 2 is 1.08 bits per heavy atom. The molecule has 48 heavy (non-hydrogen) atoms. The molecule has 0 bridgehead atoms. The van der Waals surface area contributed by atoms with Crippen LogP contribution in [0.2, 0.25) is 0 Å². The quantitative estimate of drug-likeness (QED) is 0.199. The van der Waals surface area contributed by atoms with Gasteiger partial charge in [-0.2, -0.15) is 0 Å². The third-order valence-corrected chi connectivity index (χ3v) is 10.2. The van der Waals surface area contributed by atoms with Crippen LogP contribution in [0.3, 0.4) is 0 Å². The highest BCUT2D eigenvalue weighted by molar-refractivity contribution is 6.18. The zero-order valence-electron chi connectivity index (χ0n) is 25.8. The van der Waals surface area contributed by atoms with E-state index in [1.165, 1.54) is 65.9 Å². The Hall–Kier alpha value is -6.52. The number of hydrogen-bond acceptors (Lipinski definition) is 2. The van der Waals surface area contributed by atoms with E-state index < -0.39 is 0 Å². The Kier molecular flexibility index (Phi) is 5.08. The molecule has 10 aromatic rings. The van der Waals surface area contributed by atoms with Crippen molar-refractivity contribution in [2.45, 2.75) is 0 Å². The van der Waals surface area contributed by atoms with Crippen LogP contribution in [0.25, 0.3) is 99.3 Å². The molecule has 0 atom stereocenters. The largest absolute Gasteiger partial charge is 0.309 e. The van der Waals surface area contributed by atoms with Crippen molar-refractivity contribution >= 4 is 54.4 Å². The van der Waals surface area contributed by atoms with E-state index in [1.807, 2.05) is 18.6 Å². The van der Waals surface area contributed by atoms with Gasteiger partial charge in [0.2, 0.25) is 0 Å². The third-order valence-electron chi connectivity index (χ3n) is 10.2. The van der Waals surface area contributed by atoms with E-state index in [1.54, 1.807) is 0 Å². The summed E-state index contributed by atoms with van der Waals surface area (Å²) >= 11 is 0. The number of hydrogen-bond donors (Lipinski definition) is 0. The highest BCUT2D eigenvalue weighted by Gasteiger charge is 2.27. The monoisotopic (exact) mass is 610 g/mol. The van der Waals surface area contributed by atoms with E-state index in [2.05, 4.69) is 154 Å². The average molecular weight is 611 g/mol. The molecular formula is C44H26N4. The lowest BCUT2D eigenvalue weighted by molar-refractivity contribution is 1.09. The molecule has 1 aliphatic carbocycles. The molecule has 1 aliphatic rings. The first kappa shape index (κ1) is 25.6. The van der Waals surface area contributed by atoms with Crippen LogP contribution in [0.5, 0.6) is 0 Å². The van der Waals surface area contributed by atoms with Crippen LogP contribution in [-0.2, 0) is 0 Å². The van der Waals surface area contributed by atoms with Crippen LogP contribution in [0.15, 0.2) is 158 Å². The van der Waals surface area contributed by atoms with Crippen LogP contribution in [0, 0.1) is 0 Å². The average Bonchev–Trinajstić information content (AvgIpc) is 3.78. The smallest absolute Gasteiger partial charge is 0.146 e. The summed E-state index contributed by atoms with van der Waals surface area (Å²) in [4.78, 5) is 9.70. The van der Waals surface area contributed by atoms with Gasteiger partial charge in [-0.3, -0.25) is 9.55 Å². The fourth-order valence-corrected chi connectivity index (χ4v) is 8.15. The molecule has 4 aromatic heterocycles. The van der Waals surface area contributed by atoms with Crippen molar-refractivity contribution < 1.29 is 0 Å². The molecule has 4 heterocycles. The van der Waals surface area contributed by atoms with E-state index in [4.69, 9.17) is 4.98 Å². The minimum absolute atomic E-state index is 0.937. The predicted octanol–water partition coefficient (Wildman–Crippen LogP) is 11.1. The molecule has 6 aromatic carbocycles. The number of benzene rings is 6. The van der Waals surface area contributed by atoms with Gasteiger partial charge >= 0.3 is 0 Å². The van der Waals surface area contributed by atoms with Crippen molar-refractivity contribution in [3.8, 4) is 44.9 Å². The second kappa shape index (κ2) is 9.50. The number of para-hydroxylation sites is 3. The molecular weight excluding hydrogens is 585 g/mol. The predicted molar refractivity (Wildman–Crippen MR) is 198 cm³/mol. The standard InChI is InChI=1S/C44H26N4/c1-2-10-30(11-3-1)47-38-15-6-4-12-31(38)35-23-27(17-19-40(35)47)28-18-20-41-36(24-28)32-13-5-7-16-39(32)48(41)44-43-34(21-22-46-44)33-14-8-9-29-25-45-26-37(43)42(29)33/h1-26H. The van der Waals surface area contributed by atoms with E-state index in [0.29, 0.717) is 0 Å². The van der Waals surface area contributed by atoms with Gasteiger partial charge in [0, 0.05) is 67.7 Å². The van der Waals surface area contributed by atoms with Crippen LogP contribution in [-0.4, -0.2) is 19.1 Å². The van der Waals surface area contributed by atoms with Crippen molar-refractivity contribution in [3.05, 3.63) is 158 Å². The SMILES string of the molecule is c1ccc(-n2c3ccccc3c3cc(-c4ccc5c(c4)c4ccccc4n5-c4nccc5c4-c4cncc6cccc-5c46)ccc32)cc1. The maximum Gasteiger partial charge on any atom is 0.146 e. The van der Waals surface area contributed by atoms with Crippen LogP contribution < -0.4 is 0 Å². The van der Waals surface area contributed by atoms with Crippen molar-refractivity contribution in [2.24, 2.45) is 0 Å². The normalized spacial score (nSPS) is 12.2. The number of aromatic nitrogens is 4. The molecule has 0 saturated carbocycles. The first-order chi connectivity index (χ1) is 23.8. The van der Waals surface area contributed by atoms with Gasteiger partial charge in [0.1, 0.15) is 5.82 Å². The Labute approximate surface area is 275 Å². The van der Waals surface area contributed by atoms with Crippen LogP contribution >= 0.6 is 0 Å². The molecule has 0 radical (unpaired) electrons. The third kappa shape index (κ3) is 3.38. The first-order valence-corrected chi connectivity index (χ1v) is 16.3. The lowest BCUT2D eigenvalue weighted by Crippen LogP contribution is -2.00. The van der Waals surface area contributed by atoms with Crippen LogP contribution in [0.4, 0.5) is 0 Å². The number of nitrogens with zero attached hydrogens (tertiary/aromatic N) is 4. The van der Waals surface area contributed by atoms with Gasteiger partial charge in [-0.25, -0.2) is 4.98 Å². The van der Waals surface area contributed by atoms with Crippen molar-refractivity contribution in [1.29, 1.82) is 0 Å². The van der Waals surface area contributed by atoms with Gasteiger partial charge in [0.25, 0.3) is 0 Å². The second-order valence-electron chi connectivity index (χ2n) is 12.7. The summed E-state index contributed by atoms with van der Waals surface area (Å²) in [6, 6.07) is 50.4. The minimum atomic E-state index is 0.937. The molecule has 0 N–H and O–H groups in total. The van der Waals surface area contributed by atoms with E-state index >= 15 is 0 Å². The number of pyridine rings is 2. The Morgan fingerprint density at radius 3 is 1.83 bits per heavy atom. The zero-order valence-corrected chi connectivity index (χ0v) is 25.8. The Morgan fingerprint density at radius 1 is 0.438 bits per heavy atom. The summed E-state index contributed by atoms with van der Waals surface area (Å²) in [6.07, 6.45) is 5.90. The van der Waals surface area contributed by atoms with Gasteiger partial charge < -0.3 is 4.57 Å². The summed E-state index contributed by atoms with van der Waals surface area (Å²) in [5, 5.41) is 7.33. The van der Waals surface area contributed by atoms with Gasteiger partial charge in [0.15, 0.2) is 0 Å². The number of rotatable bonds is 3. The maximum atomic E-state index is 5.07. The van der Waals surface area contributed by atoms with Crippen LogP contribution in [0.1, 0.15) is 0 Å². The van der Waals surface area contributed by atoms with Gasteiger partial charge in [-0.1, -0.05) is 84.9 Å². The minimum Gasteiger partial charge on any atom is -0.309 e. The summed E-state index contributed by atoms with van der Waals surface area (Å²) < 4.78 is 4.71. The Balaban J connectivity index is 1.13. The van der Waals surface area contributed by atoms with Gasteiger partial charge in [0.05, 0.1) is 22.1 Å². The van der Waals surface area contributed by atoms with Crippen molar-refractivity contribution in [1.82, 2.24) is 19.1 Å². The summed E-state index contributed by atoms with van der Waals surface area (Å²) in [5.74, 6) is 0.937. The lowest BCUT2D eigenvalue weighted by Gasteiger charge is -2.13. The highest BCUT2D eigenvalue weighted by atomic mass is 15.1. The topological polar surface area (TPSA) is 35.6 Å². The Bertz CT molecular complexity index is 2940. The molecule has 11 rings (SSSR count). The van der Waals surface area contributed by atoms with E-state index in [9.17, 15) is 0 Å². The van der Waals surface area contributed by atoms with E-state index in [-0.39, 0.29) is 0 Å². The first-order valence-electron chi connectivity index (χ1n) is 16.3. The van der Waals surface area contributed by atoms with Gasteiger partial charge in [-0.05, 0) is 76.9 Å². The molecule has 0 spiro atoms. The second-order valence-corrected chi connectivity index (χ2v) is 12.7. The molecule has 0 amide bonds. The van der Waals surface area contributed by atoms with Gasteiger partial charge in [-0.15, -0.1) is 0 Å². The maximum absolute atomic E-state index is 5.07. The fraction of sp³-hybridized carbons (Fsp3) is 0. The number of fused-ring (bicyclic) bond motifs is 9. The van der Waals surface area contributed by atoms with E-state index in [0.717, 1.165) is 33.4 Å². The summed E-state index contributed by atoms with van der Waals surface area (Å²) in [6.45, 7) is 0. The molecule has 222 valence electrons. The lowest BCUT2D eigenvalue weighted by atomic mass is 10.0. The highest BCUT2D eigenvalue weighted by Crippen LogP contribution is 2.49. The molecule has 0 fully saturated rings. The molecule has 0 aliphatic heterocycles. The molecule has 0 saturated heterocycles. The zero-order chi connectivity index (χ0) is 31.3. The summed E-state index contributed by atoms with van der Waals surface area (Å²) in [7, 11) is 0. The van der Waals surface area contributed by atoms with Crippen molar-refractivity contribution in [2.75, 3.05) is 0 Å².